The molecule has 0 saturated carbocycles. The Morgan fingerprint density at radius 3 is 2.67 bits per heavy atom. The van der Waals surface area contributed by atoms with Gasteiger partial charge in [-0.2, -0.15) is 0 Å². The molecule has 2 N–H and O–H groups in total. The lowest BCUT2D eigenvalue weighted by atomic mass is 10.2. The van der Waals surface area contributed by atoms with Crippen molar-refractivity contribution in [3.8, 4) is 0 Å². The number of aliphatic carboxylic acids is 1. The monoisotopic (exact) mass is 292 g/mol. The van der Waals surface area contributed by atoms with Crippen molar-refractivity contribution in [2.75, 3.05) is 18.9 Å². The van der Waals surface area contributed by atoms with Gasteiger partial charge in [0.25, 0.3) is 0 Å². The first kappa shape index (κ1) is 17.2. The van der Waals surface area contributed by atoms with Crippen LogP contribution in [-0.4, -0.2) is 41.5 Å². The van der Waals surface area contributed by atoms with Crippen LogP contribution in [0.2, 0.25) is 0 Å². The minimum Gasteiger partial charge on any atom is -0.480 e. The van der Waals surface area contributed by atoms with Crippen molar-refractivity contribution >= 4 is 17.6 Å². The molecule has 116 valence electrons. The quantitative estimate of drug-likeness (QED) is 0.772. The van der Waals surface area contributed by atoms with Gasteiger partial charge in [0.2, 0.25) is 5.91 Å². The number of anilines is 1. The van der Waals surface area contributed by atoms with E-state index in [1.54, 1.807) is 11.9 Å². The summed E-state index contributed by atoms with van der Waals surface area (Å²) >= 11 is 0. The fourth-order valence-corrected chi connectivity index (χ4v) is 2.27. The van der Waals surface area contributed by atoms with Crippen LogP contribution in [0.5, 0.6) is 0 Å². The molecule has 1 unspecified atom stereocenters. The molecule has 0 aliphatic carbocycles. The van der Waals surface area contributed by atoms with Crippen LogP contribution >= 0.6 is 0 Å². The van der Waals surface area contributed by atoms with Gasteiger partial charge >= 0.3 is 5.97 Å². The zero-order chi connectivity index (χ0) is 15.8. The van der Waals surface area contributed by atoms with Crippen molar-refractivity contribution in [2.45, 2.75) is 39.2 Å². The first-order valence-electron chi connectivity index (χ1n) is 7.23. The fourth-order valence-electron chi connectivity index (χ4n) is 2.27. The van der Waals surface area contributed by atoms with Crippen molar-refractivity contribution in [1.29, 1.82) is 0 Å². The molecule has 1 aromatic carbocycles. The van der Waals surface area contributed by atoms with E-state index in [1.807, 2.05) is 38.1 Å². The van der Waals surface area contributed by atoms with Crippen molar-refractivity contribution in [1.82, 2.24) is 4.90 Å². The second-order valence-electron chi connectivity index (χ2n) is 5.26. The first-order valence-corrected chi connectivity index (χ1v) is 7.23. The van der Waals surface area contributed by atoms with Crippen LogP contribution in [0.4, 0.5) is 5.69 Å². The Morgan fingerprint density at radius 1 is 1.38 bits per heavy atom. The second-order valence-corrected chi connectivity index (χ2v) is 5.26. The maximum absolute atomic E-state index is 11.8. The lowest BCUT2D eigenvalue weighted by molar-refractivity contribution is -0.142. The number of nitrogens with zero attached hydrogens (tertiary/aromatic N) is 1. The molecule has 0 aliphatic heterocycles. The molecule has 1 atom stereocenters. The highest BCUT2D eigenvalue weighted by molar-refractivity contribution is 5.90. The maximum atomic E-state index is 11.8. The minimum absolute atomic E-state index is 0.0441. The molecule has 5 heteroatoms. The summed E-state index contributed by atoms with van der Waals surface area (Å²) in [4.78, 5) is 24.6. The summed E-state index contributed by atoms with van der Waals surface area (Å²) < 4.78 is 0. The number of amides is 1. The van der Waals surface area contributed by atoms with E-state index in [0.717, 1.165) is 11.3 Å². The number of nitrogens with one attached hydrogen (secondary N) is 1. The van der Waals surface area contributed by atoms with Gasteiger partial charge in [0.1, 0.15) is 6.04 Å². The smallest absolute Gasteiger partial charge is 0.320 e. The van der Waals surface area contributed by atoms with Crippen LogP contribution in [0, 0.1) is 6.92 Å². The van der Waals surface area contributed by atoms with Crippen LogP contribution < -0.4 is 5.32 Å². The molecular weight excluding hydrogens is 268 g/mol. The largest absolute Gasteiger partial charge is 0.480 e. The number of rotatable bonds is 8. The zero-order valence-electron chi connectivity index (χ0n) is 12.9. The molecular formula is C16H24N2O3. The number of carboxylic acid groups (broad SMARTS) is 1. The maximum Gasteiger partial charge on any atom is 0.320 e. The number of hydrogen-bond acceptors (Lipinski definition) is 3. The molecule has 0 aliphatic rings. The minimum atomic E-state index is -0.816. The second kappa shape index (κ2) is 8.42. The number of carbonyl (C=O) groups is 2. The molecule has 21 heavy (non-hydrogen) atoms. The molecule has 1 amide bonds. The number of hydrogen-bond donors (Lipinski definition) is 2. The molecule has 0 radical (unpaired) electrons. The van der Waals surface area contributed by atoms with E-state index in [2.05, 4.69) is 5.32 Å². The molecule has 1 rings (SSSR count). The highest BCUT2D eigenvalue weighted by Crippen LogP contribution is 2.10. The Bertz CT molecular complexity index is 488. The van der Waals surface area contributed by atoms with Gasteiger partial charge in [-0.05, 0) is 51.1 Å². The zero-order valence-corrected chi connectivity index (χ0v) is 12.9. The fraction of sp³-hybridized carbons (Fsp3) is 0.500. The number of benzene rings is 1. The molecule has 0 aromatic heterocycles. The van der Waals surface area contributed by atoms with Gasteiger partial charge in [-0.25, -0.2) is 0 Å². The summed E-state index contributed by atoms with van der Waals surface area (Å²) in [5.41, 5.74) is 1.89. The summed E-state index contributed by atoms with van der Waals surface area (Å²) in [7, 11) is 1.78. The van der Waals surface area contributed by atoms with E-state index >= 15 is 0 Å². The van der Waals surface area contributed by atoms with Crippen LogP contribution in [0.1, 0.15) is 31.7 Å². The number of likely N-dealkylation sites (N-methyl/N-ethyl adjacent to an activating group) is 1. The molecule has 0 spiro atoms. The van der Waals surface area contributed by atoms with Crippen LogP contribution in [-0.2, 0) is 9.59 Å². The summed E-state index contributed by atoms with van der Waals surface area (Å²) in [6.45, 7) is 4.41. The Hall–Kier alpha value is -1.88. The van der Waals surface area contributed by atoms with Gasteiger partial charge in [0, 0.05) is 12.1 Å². The van der Waals surface area contributed by atoms with Crippen molar-refractivity contribution in [3.05, 3.63) is 29.8 Å². The summed E-state index contributed by atoms with van der Waals surface area (Å²) in [5.74, 6) is -0.860. The molecule has 0 saturated heterocycles. The average molecular weight is 292 g/mol. The number of carbonyl (C=O) groups excluding carboxylic acids is 1. The van der Waals surface area contributed by atoms with Gasteiger partial charge in [-0.3, -0.25) is 14.5 Å². The van der Waals surface area contributed by atoms with Crippen molar-refractivity contribution < 1.29 is 14.7 Å². The van der Waals surface area contributed by atoms with E-state index in [9.17, 15) is 9.59 Å². The van der Waals surface area contributed by atoms with Gasteiger partial charge in [-0.1, -0.05) is 19.1 Å². The Morgan fingerprint density at radius 2 is 2.10 bits per heavy atom. The first-order chi connectivity index (χ1) is 9.93. The van der Waals surface area contributed by atoms with Gasteiger partial charge in [0.05, 0.1) is 0 Å². The van der Waals surface area contributed by atoms with Crippen LogP contribution in [0.25, 0.3) is 0 Å². The Labute approximate surface area is 126 Å². The third-order valence-electron chi connectivity index (χ3n) is 3.42. The highest BCUT2D eigenvalue weighted by Gasteiger charge is 2.19. The third-order valence-corrected chi connectivity index (χ3v) is 3.42. The van der Waals surface area contributed by atoms with Crippen LogP contribution in [0.15, 0.2) is 24.3 Å². The predicted octanol–water partition coefficient (Wildman–Crippen LogP) is 2.51. The van der Waals surface area contributed by atoms with Crippen molar-refractivity contribution in [3.63, 3.8) is 0 Å². The van der Waals surface area contributed by atoms with Gasteiger partial charge in [0.15, 0.2) is 0 Å². The van der Waals surface area contributed by atoms with Crippen molar-refractivity contribution in [2.24, 2.45) is 0 Å². The average Bonchev–Trinajstić information content (AvgIpc) is 2.38. The van der Waals surface area contributed by atoms with E-state index in [0.29, 0.717) is 25.8 Å². The standard InChI is InChI=1S/C16H24N2O3/c1-4-14(16(20)21)18(3)10-6-9-15(19)17-13-8-5-7-12(2)11-13/h5,7-8,11,14H,4,6,9-10H2,1-3H3,(H,17,19)(H,20,21). The summed E-state index contributed by atoms with van der Waals surface area (Å²) in [6, 6.07) is 7.17. The topological polar surface area (TPSA) is 69.6 Å². The molecule has 0 fully saturated rings. The lowest BCUT2D eigenvalue weighted by Crippen LogP contribution is -2.38. The Balaban J connectivity index is 2.35. The molecule has 0 heterocycles. The Kier molecular flexibility index (Phi) is 6.88. The lowest BCUT2D eigenvalue weighted by Gasteiger charge is -2.23. The summed E-state index contributed by atoms with van der Waals surface area (Å²) in [6.07, 6.45) is 1.58. The summed E-state index contributed by atoms with van der Waals surface area (Å²) in [5, 5.41) is 11.9. The normalized spacial score (nSPS) is 12.2. The number of carboxylic acids is 1. The van der Waals surface area contributed by atoms with Gasteiger partial charge in [-0.15, -0.1) is 0 Å². The predicted molar refractivity (Wildman–Crippen MR) is 83.4 cm³/mol. The number of aryl methyl sites for hydroxylation is 1. The SMILES string of the molecule is CCC(C(=O)O)N(C)CCCC(=O)Nc1cccc(C)c1. The molecule has 1 aromatic rings. The molecule has 0 bridgehead atoms. The van der Waals surface area contributed by atoms with E-state index in [-0.39, 0.29) is 5.91 Å². The van der Waals surface area contributed by atoms with Gasteiger partial charge < -0.3 is 10.4 Å². The highest BCUT2D eigenvalue weighted by atomic mass is 16.4. The third kappa shape index (κ3) is 5.95. The van der Waals surface area contributed by atoms with E-state index < -0.39 is 12.0 Å². The molecule has 5 nitrogen and oxygen atoms in total. The van der Waals surface area contributed by atoms with E-state index in [4.69, 9.17) is 5.11 Å². The van der Waals surface area contributed by atoms with E-state index in [1.165, 1.54) is 0 Å². The van der Waals surface area contributed by atoms with Crippen LogP contribution in [0.3, 0.4) is 0 Å².